The minimum atomic E-state index is -3.52. The van der Waals surface area contributed by atoms with Gasteiger partial charge in [0, 0.05) is 18.6 Å². The van der Waals surface area contributed by atoms with E-state index in [4.69, 9.17) is 17.3 Å². The van der Waals surface area contributed by atoms with Crippen molar-refractivity contribution in [2.24, 2.45) is 11.8 Å². The highest BCUT2D eigenvalue weighted by Gasteiger charge is 2.36. The van der Waals surface area contributed by atoms with E-state index in [-0.39, 0.29) is 10.6 Å². The van der Waals surface area contributed by atoms with Crippen molar-refractivity contribution in [3.63, 3.8) is 0 Å². The average molecular weight is 289 g/mol. The van der Waals surface area contributed by atoms with Crippen molar-refractivity contribution >= 4 is 27.3 Å². The Bertz CT molecular complexity index is 559. The molecule has 2 unspecified atom stereocenters. The van der Waals surface area contributed by atoms with Gasteiger partial charge < -0.3 is 5.73 Å². The van der Waals surface area contributed by atoms with E-state index in [1.807, 2.05) is 0 Å². The van der Waals surface area contributed by atoms with E-state index in [1.54, 1.807) is 13.1 Å². The Morgan fingerprint density at radius 1 is 1.50 bits per heavy atom. The first-order valence-corrected chi connectivity index (χ1v) is 7.65. The van der Waals surface area contributed by atoms with Gasteiger partial charge in [0.2, 0.25) is 10.0 Å². The molecule has 2 rings (SSSR count). The minimum Gasteiger partial charge on any atom is -0.398 e. The Balaban J connectivity index is 2.24. The van der Waals surface area contributed by atoms with Gasteiger partial charge in [0.05, 0.1) is 5.69 Å². The van der Waals surface area contributed by atoms with E-state index in [0.717, 1.165) is 6.42 Å². The zero-order valence-corrected chi connectivity index (χ0v) is 12.0. The molecule has 18 heavy (non-hydrogen) atoms. The molecule has 0 amide bonds. The molecule has 2 N–H and O–H groups in total. The molecule has 0 radical (unpaired) electrons. The van der Waals surface area contributed by atoms with Crippen LogP contribution in [0.15, 0.2) is 23.1 Å². The van der Waals surface area contributed by atoms with Gasteiger partial charge in [-0.3, -0.25) is 0 Å². The quantitative estimate of drug-likeness (QED) is 0.864. The third kappa shape index (κ3) is 2.63. The fourth-order valence-electron chi connectivity index (χ4n) is 2.00. The highest BCUT2D eigenvalue weighted by atomic mass is 35.5. The highest BCUT2D eigenvalue weighted by Crippen LogP contribution is 2.39. The average Bonchev–Trinajstić information content (AvgIpc) is 2.93. The monoisotopic (exact) mass is 288 g/mol. The maximum atomic E-state index is 12.3. The maximum absolute atomic E-state index is 12.3. The van der Waals surface area contributed by atoms with E-state index in [1.165, 1.54) is 16.4 Å². The number of nitrogens with two attached hydrogens (primary N) is 1. The molecule has 1 saturated carbocycles. The second-order valence-corrected chi connectivity index (χ2v) is 7.39. The normalized spacial score (nSPS) is 23.3. The number of benzene rings is 1. The number of hydrogen-bond donors (Lipinski definition) is 1. The van der Waals surface area contributed by atoms with E-state index in [9.17, 15) is 8.42 Å². The number of anilines is 1. The van der Waals surface area contributed by atoms with Crippen LogP contribution in [0, 0.1) is 11.8 Å². The van der Waals surface area contributed by atoms with Crippen LogP contribution in [0.3, 0.4) is 0 Å². The fraction of sp³-hybridized carbons (Fsp3) is 0.500. The Labute approximate surface area is 113 Å². The zero-order valence-electron chi connectivity index (χ0n) is 10.4. The Kier molecular flexibility index (Phi) is 3.58. The third-order valence-electron chi connectivity index (χ3n) is 3.43. The van der Waals surface area contributed by atoms with E-state index in [2.05, 4.69) is 6.92 Å². The standard InChI is InChI=1S/C12H17ClN2O2S/c1-8-5-9(8)7-15(2)18(16,17)12-4-3-10(13)6-11(12)14/h3-4,6,8-9H,5,7,14H2,1-2H3. The topological polar surface area (TPSA) is 63.4 Å². The van der Waals surface area contributed by atoms with Gasteiger partial charge in [-0.25, -0.2) is 12.7 Å². The zero-order chi connectivity index (χ0) is 13.5. The number of halogens is 1. The summed E-state index contributed by atoms with van der Waals surface area (Å²) in [5.74, 6) is 1.09. The fourth-order valence-corrected chi connectivity index (χ4v) is 3.50. The third-order valence-corrected chi connectivity index (χ3v) is 5.56. The van der Waals surface area contributed by atoms with Crippen LogP contribution in [-0.2, 0) is 10.0 Å². The molecule has 1 aromatic carbocycles. The van der Waals surface area contributed by atoms with E-state index in [0.29, 0.717) is 23.4 Å². The molecule has 0 bridgehead atoms. The summed E-state index contributed by atoms with van der Waals surface area (Å²) in [6, 6.07) is 4.46. The van der Waals surface area contributed by atoms with Gasteiger partial charge in [-0.2, -0.15) is 0 Å². The molecule has 4 nitrogen and oxygen atoms in total. The summed E-state index contributed by atoms with van der Waals surface area (Å²) in [5.41, 5.74) is 5.92. The summed E-state index contributed by atoms with van der Waals surface area (Å²) in [6.07, 6.45) is 1.09. The van der Waals surface area contributed by atoms with Crippen molar-refractivity contribution in [1.82, 2.24) is 4.31 Å². The Morgan fingerprint density at radius 2 is 2.11 bits per heavy atom. The van der Waals surface area contributed by atoms with Gasteiger partial charge in [-0.05, 0) is 36.5 Å². The van der Waals surface area contributed by atoms with Gasteiger partial charge in [0.1, 0.15) is 4.90 Å². The lowest BCUT2D eigenvalue weighted by Crippen LogP contribution is -2.29. The van der Waals surface area contributed by atoms with Crippen LogP contribution >= 0.6 is 11.6 Å². The molecule has 0 aromatic heterocycles. The van der Waals surface area contributed by atoms with Crippen LogP contribution < -0.4 is 5.73 Å². The first-order valence-electron chi connectivity index (χ1n) is 5.83. The lowest BCUT2D eigenvalue weighted by molar-refractivity contribution is 0.445. The molecule has 1 aliphatic carbocycles. The predicted molar refractivity (Wildman–Crippen MR) is 73.0 cm³/mol. The molecule has 1 aliphatic rings. The number of nitrogen functional groups attached to an aromatic ring is 1. The van der Waals surface area contributed by atoms with Crippen LogP contribution in [-0.4, -0.2) is 26.3 Å². The van der Waals surface area contributed by atoms with Crippen LogP contribution in [0.2, 0.25) is 5.02 Å². The molecule has 6 heteroatoms. The summed E-state index contributed by atoms with van der Waals surface area (Å²) < 4.78 is 26.0. The number of sulfonamides is 1. The molecule has 1 fully saturated rings. The highest BCUT2D eigenvalue weighted by molar-refractivity contribution is 7.89. The van der Waals surface area contributed by atoms with Crippen molar-refractivity contribution in [2.45, 2.75) is 18.2 Å². The molecule has 100 valence electrons. The molecule has 0 heterocycles. The predicted octanol–water partition coefficient (Wildman–Crippen LogP) is 2.20. The largest absolute Gasteiger partial charge is 0.398 e. The lowest BCUT2D eigenvalue weighted by Gasteiger charge is -2.18. The lowest BCUT2D eigenvalue weighted by atomic mass is 10.3. The summed E-state index contributed by atoms with van der Waals surface area (Å²) in [5, 5.41) is 0.435. The first-order chi connectivity index (χ1) is 8.32. The van der Waals surface area contributed by atoms with Crippen molar-refractivity contribution in [1.29, 1.82) is 0 Å². The van der Waals surface area contributed by atoms with Gasteiger partial charge in [0.15, 0.2) is 0 Å². The Morgan fingerprint density at radius 3 is 2.61 bits per heavy atom. The summed E-state index contributed by atoms with van der Waals surface area (Å²) in [7, 11) is -1.92. The number of hydrogen-bond acceptors (Lipinski definition) is 3. The SMILES string of the molecule is CC1CC1CN(C)S(=O)(=O)c1ccc(Cl)cc1N. The minimum absolute atomic E-state index is 0.128. The Hall–Kier alpha value is -0.780. The second-order valence-electron chi connectivity index (χ2n) is 4.94. The van der Waals surface area contributed by atoms with Crippen LogP contribution in [0.1, 0.15) is 13.3 Å². The van der Waals surface area contributed by atoms with E-state index >= 15 is 0 Å². The van der Waals surface area contributed by atoms with Crippen molar-refractivity contribution in [3.8, 4) is 0 Å². The van der Waals surface area contributed by atoms with E-state index < -0.39 is 10.0 Å². The van der Waals surface area contributed by atoms with Crippen LogP contribution in [0.25, 0.3) is 0 Å². The van der Waals surface area contributed by atoms with Gasteiger partial charge in [-0.1, -0.05) is 18.5 Å². The van der Waals surface area contributed by atoms with Crippen LogP contribution in [0.4, 0.5) is 5.69 Å². The second kappa shape index (κ2) is 4.72. The molecule has 0 aliphatic heterocycles. The molecule has 1 aromatic rings. The molecular formula is C12H17ClN2O2S. The summed E-state index contributed by atoms with van der Waals surface area (Å²) in [6.45, 7) is 2.67. The maximum Gasteiger partial charge on any atom is 0.244 e. The number of nitrogens with zero attached hydrogens (tertiary/aromatic N) is 1. The van der Waals surface area contributed by atoms with Gasteiger partial charge in [0.25, 0.3) is 0 Å². The molecular weight excluding hydrogens is 272 g/mol. The summed E-state index contributed by atoms with van der Waals surface area (Å²) >= 11 is 5.77. The van der Waals surface area contributed by atoms with Crippen molar-refractivity contribution in [3.05, 3.63) is 23.2 Å². The van der Waals surface area contributed by atoms with Gasteiger partial charge in [-0.15, -0.1) is 0 Å². The first kappa shape index (κ1) is 13.6. The molecule has 0 saturated heterocycles. The van der Waals surface area contributed by atoms with Crippen molar-refractivity contribution < 1.29 is 8.42 Å². The summed E-state index contributed by atoms with van der Waals surface area (Å²) in [4.78, 5) is 0.128. The number of rotatable bonds is 4. The smallest absolute Gasteiger partial charge is 0.244 e. The van der Waals surface area contributed by atoms with Gasteiger partial charge >= 0.3 is 0 Å². The van der Waals surface area contributed by atoms with Crippen molar-refractivity contribution in [2.75, 3.05) is 19.3 Å². The van der Waals surface area contributed by atoms with Crippen LogP contribution in [0.5, 0.6) is 0 Å². The molecule has 0 spiro atoms. The molecule has 2 atom stereocenters.